The summed E-state index contributed by atoms with van der Waals surface area (Å²) in [5.74, 6) is 7.38. The van der Waals surface area contributed by atoms with E-state index in [0.29, 0.717) is 11.8 Å². The number of nitrogens with zero attached hydrogens (tertiary/aromatic N) is 1. The van der Waals surface area contributed by atoms with Crippen molar-refractivity contribution in [2.75, 3.05) is 13.7 Å². The van der Waals surface area contributed by atoms with Crippen molar-refractivity contribution in [3.05, 3.63) is 41.3 Å². The molecule has 0 aliphatic heterocycles. The normalized spacial score (nSPS) is 9.95. The van der Waals surface area contributed by atoms with Crippen molar-refractivity contribution in [2.45, 2.75) is 17.9 Å². The van der Waals surface area contributed by atoms with E-state index in [4.69, 9.17) is 14.9 Å². The highest BCUT2D eigenvalue weighted by Gasteiger charge is 2.05. The molecule has 1 aromatic heterocycles. The van der Waals surface area contributed by atoms with Crippen LogP contribution in [-0.2, 0) is 5.75 Å². The number of hydrogen-bond donors (Lipinski definition) is 1. The van der Waals surface area contributed by atoms with Crippen molar-refractivity contribution in [2.24, 2.45) is 5.73 Å². The van der Waals surface area contributed by atoms with Crippen LogP contribution in [0.15, 0.2) is 34.1 Å². The Balaban J connectivity index is 2.12. The third-order valence-electron chi connectivity index (χ3n) is 2.55. The standard InChI is InChI=1S/C15H16N2O2S/c1-11-9-19-15(17-11)20-10-12-5-6-14(18-2)13(8-12)4-3-7-16/h5-6,8-9H,7,10,16H2,1-2H3. The van der Waals surface area contributed by atoms with Crippen molar-refractivity contribution < 1.29 is 9.15 Å². The Kier molecular flexibility index (Phi) is 5.10. The highest BCUT2D eigenvalue weighted by atomic mass is 32.2. The first-order valence-electron chi connectivity index (χ1n) is 6.13. The summed E-state index contributed by atoms with van der Waals surface area (Å²) >= 11 is 1.55. The van der Waals surface area contributed by atoms with Crippen LogP contribution in [-0.4, -0.2) is 18.6 Å². The van der Waals surface area contributed by atoms with E-state index < -0.39 is 0 Å². The SMILES string of the molecule is COc1ccc(CSc2nc(C)co2)cc1C#CCN. The number of benzene rings is 1. The lowest BCUT2D eigenvalue weighted by atomic mass is 10.1. The number of oxazole rings is 1. The molecular weight excluding hydrogens is 272 g/mol. The summed E-state index contributed by atoms with van der Waals surface area (Å²) in [7, 11) is 1.63. The number of ether oxygens (including phenoxy) is 1. The van der Waals surface area contributed by atoms with E-state index in [2.05, 4.69) is 16.8 Å². The maximum absolute atomic E-state index is 5.40. The zero-order valence-corrected chi connectivity index (χ0v) is 12.3. The van der Waals surface area contributed by atoms with Gasteiger partial charge in [-0.25, -0.2) is 4.98 Å². The van der Waals surface area contributed by atoms with Crippen LogP contribution in [0, 0.1) is 18.8 Å². The van der Waals surface area contributed by atoms with Crippen LogP contribution >= 0.6 is 11.8 Å². The van der Waals surface area contributed by atoms with Gasteiger partial charge >= 0.3 is 0 Å². The Morgan fingerprint density at radius 2 is 2.30 bits per heavy atom. The predicted octanol–water partition coefficient (Wildman–Crippen LogP) is 2.59. The fourth-order valence-electron chi connectivity index (χ4n) is 1.63. The van der Waals surface area contributed by atoms with Crippen molar-refractivity contribution in [1.29, 1.82) is 0 Å². The molecule has 20 heavy (non-hydrogen) atoms. The Morgan fingerprint density at radius 1 is 1.45 bits per heavy atom. The summed E-state index contributed by atoms with van der Waals surface area (Å²) in [5, 5.41) is 0.674. The lowest BCUT2D eigenvalue weighted by molar-refractivity contribution is 0.413. The van der Waals surface area contributed by atoms with Crippen molar-refractivity contribution >= 4 is 11.8 Å². The van der Waals surface area contributed by atoms with Gasteiger partial charge in [-0.1, -0.05) is 29.7 Å². The van der Waals surface area contributed by atoms with Crippen LogP contribution in [0.2, 0.25) is 0 Å². The number of aryl methyl sites for hydroxylation is 1. The molecule has 1 aromatic carbocycles. The monoisotopic (exact) mass is 288 g/mol. The Labute approximate surface area is 122 Å². The van der Waals surface area contributed by atoms with Gasteiger partial charge in [0.05, 0.1) is 24.9 Å². The van der Waals surface area contributed by atoms with Gasteiger partial charge in [0.2, 0.25) is 0 Å². The van der Waals surface area contributed by atoms with Gasteiger partial charge in [0, 0.05) is 5.75 Å². The molecule has 0 aliphatic carbocycles. The molecule has 0 bridgehead atoms. The van der Waals surface area contributed by atoms with Gasteiger partial charge in [0.1, 0.15) is 12.0 Å². The minimum absolute atomic E-state index is 0.331. The molecule has 1 heterocycles. The molecule has 0 radical (unpaired) electrons. The highest BCUT2D eigenvalue weighted by Crippen LogP contribution is 2.25. The smallest absolute Gasteiger partial charge is 0.256 e. The summed E-state index contributed by atoms with van der Waals surface area (Å²) < 4.78 is 10.6. The van der Waals surface area contributed by atoms with E-state index in [1.807, 2.05) is 25.1 Å². The molecule has 0 fully saturated rings. The van der Waals surface area contributed by atoms with Crippen LogP contribution in [0.25, 0.3) is 0 Å². The van der Waals surface area contributed by atoms with E-state index in [1.54, 1.807) is 25.1 Å². The van der Waals surface area contributed by atoms with Crippen LogP contribution in [0.5, 0.6) is 5.75 Å². The molecule has 2 aromatic rings. The Bertz CT molecular complexity index is 641. The second kappa shape index (κ2) is 7.04. The number of nitrogens with two attached hydrogens (primary N) is 1. The first-order chi connectivity index (χ1) is 9.72. The van der Waals surface area contributed by atoms with Crippen LogP contribution < -0.4 is 10.5 Å². The van der Waals surface area contributed by atoms with E-state index >= 15 is 0 Å². The zero-order chi connectivity index (χ0) is 14.4. The number of rotatable bonds is 4. The molecule has 0 spiro atoms. The Hall–Kier alpha value is -1.90. The molecule has 2 rings (SSSR count). The molecule has 5 heteroatoms. The van der Waals surface area contributed by atoms with Crippen LogP contribution in [0.3, 0.4) is 0 Å². The molecule has 0 aliphatic rings. The lowest BCUT2D eigenvalue weighted by Gasteiger charge is -2.05. The minimum Gasteiger partial charge on any atom is -0.495 e. The molecule has 0 saturated heterocycles. The fourth-order valence-corrected chi connectivity index (χ4v) is 2.43. The molecular formula is C15H16N2O2S. The van der Waals surface area contributed by atoms with Crippen molar-refractivity contribution in [1.82, 2.24) is 4.98 Å². The van der Waals surface area contributed by atoms with E-state index in [-0.39, 0.29) is 0 Å². The first-order valence-corrected chi connectivity index (χ1v) is 7.12. The van der Waals surface area contributed by atoms with Crippen LogP contribution in [0.4, 0.5) is 0 Å². The molecule has 4 nitrogen and oxygen atoms in total. The van der Waals surface area contributed by atoms with Gasteiger partial charge in [-0.2, -0.15) is 0 Å². The number of aromatic nitrogens is 1. The van der Waals surface area contributed by atoms with Gasteiger partial charge in [0.15, 0.2) is 0 Å². The van der Waals surface area contributed by atoms with Crippen LogP contribution in [0.1, 0.15) is 16.8 Å². The van der Waals surface area contributed by atoms with Gasteiger partial charge in [-0.3, -0.25) is 0 Å². The number of hydrogen-bond acceptors (Lipinski definition) is 5. The Morgan fingerprint density at radius 3 is 2.95 bits per heavy atom. The highest BCUT2D eigenvalue weighted by molar-refractivity contribution is 7.98. The van der Waals surface area contributed by atoms with E-state index in [0.717, 1.165) is 28.3 Å². The maximum atomic E-state index is 5.40. The maximum Gasteiger partial charge on any atom is 0.256 e. The molecule has 0 amide bonds. The molecule has 0 saturated carbocycles. The third kappa shape index (κ3) is 3.80. The summed E-state index contributed by atoms with van der Waals surface area (Å²) in [6.07, 6.45) is 1.65. The summed E-state index contributed by atoms with van der Waals surface area (Å²) in [6, 6.07) is 5.93. The second-order valence-corrected chi connectivity index (χ2v) is 5.01. The van der Waals surface area contributed by atoms with E-state index in [1.165, 1.54) is 0 Å². The molecule has 2 N–H and O–H groups in total. The van der Waals surface area contributed by atoms with Gasteiger partial charge in [-0.05, 0) is 24.6 Å². The average molecular weight is 288 g/mol. The number of methoxy groups -OCH3 is 1. The first kappa shape index (κ1) is 14.5. The average Bonchev–Trinajstić information content (AvgIpc) is 2.88. The fraction of sp³-hybridized carbons (Fsp3) is 0.267. The number of thioether (sulfide) groups is 1. The quantitative estimate of drug-likeness (QED) is 0.692. The molecule has 0 atom stereocenters. The molecule has 0 unspecified atom stereocenters. The van der Waals surface area contributed by atoms with Gasteiger partial charge in [-0.15, -0.1) is 0 Å². The molecule has 104 valence electrons. The van der Waals surface area contributed by atoms with Gasteiger partial charge < -0.3 is 14.9 Å². The van der Waals surface area contributed by atoms with E-state index in [9.17, 15) is 0 Å². The largest absolute Gasteiger partial charge is 0.495 e. The zero-order valence-electron chi connectivity index (χ0n) is 11.5. The third-order valence-corrected chi connectivity index (χ3v) is 3.46. The predicted molar refractivity (Wildman–Crippen MR) is 79.7 cm³/mol. The van der Waals surface area contributed by atoms with Crippen molar-refractivity contribution in [3.8, 4) is 17.6 Å². The summed E-state index contributed by atoms with van der Waals surface area (Å²) in [4.78, 5) is 4.26. The second-order valence-electron chi connectivity index (χ2n) is 4.08. The topological polar surface area (TPSA) is 61.3 Å². The summed E-state index contributed by atoms with van der Waals surface area (Å²) in [6.45, 7) is 2.24. The summed E-state index contributed by atoms with van der Waals surface area (Å²) in [5.41, 5.74) is 8.27. The van der Waals surface area contributed by atoms with Crippen molar-refractivity contribution in [3.63, 3.8) is 0 Å². The lowest BCUT2D eigenvalue weighted by Crippen LogP contribution is -1.94. The minimum atomic E-state index is 0.331. The van der Waals surface area contributed by atoms with Gasteiger partial charge in [0.25, 0.3) is 5.22 Å².